The molecule has 0 saturated carbocycles. The first kappa shape index (κ1) is 15.6. The molecular formula is C17H20N4O2. The van der Waals surface area contributed by atoms with Crippen LogP contribution in [-0.4, -0.2) is 28.5 Å². The van der Waals surface area contributed by atoms with Gasteiger partial charge in [-0.2, -0.15) is 0 Å². The van der Waals surface area contributed by atoms with Crippen molar-refractivity contribution >= 4 is 11.6 Å². The molecule has 3 N–H and O–H groups in total. The molecule has 0 aromatic carbocycles. The van der Waals surface area contributed by atoms with Crippen molar-refractivity contribution in [2.45, 2.75) is 31.9 Å². The third kappa shape index (κ3) is 4.34. The SMILES string of the molecule is NC1CCc2ncc(NC(=O)COCc3cccnc3)cc2C1. The number of carbonyl (C=O) groups excluding carboxylic acids is 1. The van der Waals surface area contributed by atoms with E-state index in [1.165, 1.54) is 0 Å². The standard InChI is InChI=1S/C17H20N4O2/c18-14-3-4-16-13(6-14)7-15(9-20-16)21-17(22)11-23-10-12-2-1-5-19-8-12/h1-2,5,7-9,14H,3-4,6,10-11,18H2,(H,21,22). The maximum atomic E-state index is 11.9. The Morgan fingerprint density at radius 1 is 1.43 bits per heavy atom. The van der Waals surface area contributed by atoms with Crippen LogP contribution in [0.15, 0.2) is 36.8 Å². The van der Waals surface area contributed by atoms with Gasteiger partial charge >= 0.3 is 0 Å². The molecule has 0 radical (unpaired) electrons. The number of rotatable bonds is 5. The number of nitrogens with two attached hydrogens (primary N) is 1. The lowest BCUT2D eigenvalue weighted by Crippen LogP contribution is -2.28. The van der Waals surface area contributed by atoms with Crippen LogP contribution in [0.4, 0.5) is 5.69 Å². The number of aryl methyl sites for hydroxylation is 1. The molecule has 1 aliphatic carbocycles. The van der Waals surface area contributed by atoms with Crippen LogP contribution >= 0.6 is 0 Å². The molecule has 23 heavy (non-hydrogen) atoms. The second kappa shape index (κ2) is 7.30. The van der Waals surface area contributed by atoms with Crippen LogP contribution < -0.4 is 11.1 Å². The molecule has 0 spiro atoms. The predicted molar refractivity (Wildman–Crippen MR) is 86.8 cm³/mol. The highest BCUT2D eigenvalue weighted by molar-refractivity contribution is 5.91. The van der Waals surface area contributed by atoms with E-state index in [1.807, 2.05) is 18.2 Å². The fraction of sp³-hybridized carbons (Fsp3) is 0.353. The maximum absolute atomic E-state index is 11.9. The van der Waals surface area contributed by atoms with Gasteiger partial charge in [-0.15, -0.1) is 0 Å². The minimum atomic E-state index is -0.198. The van der Waals surface area contributed by atoms with E-state index in [0.29, 0.717) is 12.3 Å². The summed E-state index contributed by atoms with van der Waals surface area (Å²) in [6.07, 6.45) is 7.78. The molecule has 1 unspecified atom stereocenters. The van der Waals surface area contributed by atoms with E-state index in [2.05, 4.69) is 15.3 Å². The summed E-state index contributed by atoms with van der Waals surface area (Å²) in [6.45, 7) is 0.351. The van der Waals surface area contributed by atoms with Crippen LogP contribution in [0.2, 0.25) is 0 Å². The Labute approximate surface area is 135 Å². The van der Waals surface area contributed by atoms with E-state index in [0.717, 1.165) is 36.1 Å². The first-order valence-electron chi connectivity index (χ1n) is 7.70. The summed E-state index contributed by atoms with van der Waals surface area (Å²) in [6, 6.07) is 5.88. The molecule has 6 heteroatoms. The van der Waals surface area contributed by atoms with E-state index in [9.17, 15) is 4.79 Å². The van der Waals surface area contributed by atoms with Gasteiger partial charge in [0.15, 0.2) is 0 Å². The highest BCUT2D eigenvalue weighted by Crippen LogP contribution is 2.21. The van der Waals surface area contributed by atoms with Crippen molar-refractivity contribution < 1.29 is 9.53 Å². The van der Waals surface area contributed by atoms with Gasteiger partial charge in [-0.25, -0.2) is 0 Å². The molecule has 0 aliphatic heterocycles. The van der Waals surface area contributed by atoms with Crippen molar-refractivity contribution in [1.29, 1.82) is 0 Å². The molecule has 120 valence electrons. The van der Waals surface area contributed by atoms with E-state index in [1.54, 1.807) is 18.6 Å². The van der Waals surface area contributed by atoms with Gasteiger partial charge in [0.25, 0.3) is 0 Å². The third-order valence-electron chi connectivity index (χ3n) is 3.80. The lowest BCUT2D eigenvalue weighted by Gasteiger charge is -2.21. The summed E-state index contributed by atoms with van der Waals surface area (Å²) < 4.78 is 5.39. The van der Waals surface area contributed by atoms with Crippen molar-refractivity contribution in [2.75, 3.05) is 11.9 Å². The van der Waals surface area contributed by atoms with Gasteiger partial charge in [0.1, 0.15) is 6.61 Å². The van der Waals surface area contributed by atoms with Gasteiger partial charge < -0.3 is 15.8 Å². The Bertz CT molecular complexity index is 676. The van der Waals surface area contributed by atoms with Crippen LogP contribution in [0.3, 0.4) is 0 Å². The lowest BCUT2D eigenvalue weighted by atomic mass is 9.92. The Hall–Kier alpha value is -2.31. The summed E-state index contributed by atoms with van der Waals surface area (Å²) >= 11 is 0. The van der Waals surface area contributed by atoms with Crippen molar-refractivity contribution in [2.24, 2.45) is 5.73 Å². The number of pyridine rings is 2. The fourth-order valence-electron chi connectivity index (χ4n) is 2.66. The molecule has 1 aliphatic rings. The zero-order valence-corrected chi connectivity index (χ0v) is 12.9. The molecular weight excluding hydrogens is 292 g/mol. The maximum Gasteiger partial charge on any atom is 0.250 e. The number of nitrogens with one attached hydrogen (secondary N) is 1. The molecule has 3 rings (SSSR count). The van der Waals surface area contributed by atoms with Crippen LogP contribution in [0.1, 0.15) is 23.2 Å². The van der Waals surface area contributed by atoms with Gasteiger partial charge in [-0.05, 0) is 42.5 Å². The Morgan fingerprint density at radius 3 is 3.17 bits per heavy atom. The number of nitrogens with zero attached hydrogens (tertiary/aromatic N) is 2. The molecule has 2 aromatic heterocycles. The van der Waals surface area contributed by atoms with Crippen molar-refractivity contribution in [3.63, 3.8) is 0 Å². The number of fused-ring (bicyclic) bond motifs is 1. The zero-order chi connectivity index (χ0) is 16.1. The molecule has 1 atom stereocenters. The second-order valence-electron chi connectivity index (χ2n) is 5.73. The topological polar surface area (TPSA) is 90.1 Å². The Morgan fingerprint density at radius 2 is 2.35 bits per heavy atom. The van der Waals surface area contributed by atoms with Crippen molar-refractivity contribution in [3.8, 4) is 0 Å². The Balaban J connectivity index is 1.51. The average molecular weight is 312 g/mol. The minimum Gasteiger partial charge on any atom is -0.367 e. The molecule has 1 amide bonds. The van der Waals surface area contributed by atoms with E-state index in [-0.39, 0.29) is 18.6 Å². The van der Waals surface area contributed by atoms with Gasteiger partial charge in [0.05, 0.1) is 18.5 Å². The average Bonchev–Trinajstić information content (AvgIpc) is 2.55. The highest BCUT2D eigenvalue weighted by Gasteiger charge is 2.17. The van der Waals surface area contributed by atoms with Gasteiger partial charge in [0.2, 0.25) is 5.91 Å². The van der Waals surface area contributed by atoms with Crippen molar-refractivity contribution in [1.82, 2.24) is 9.97 Å². The molecule has 0 fully saturated rings. The molecule has 2 aromatic rings. The number of hydrogen-bond acceptors (Lipinski definition) is 5. The van der Waals surface area contributed by atoms with Crippen LogP contribution in [0.5, 0.6) is 0 Å². The minimum absolute atomic E-state index is 0.00844. The first-order valence-corrected chi connectivity index (χ1v) is 7.70. The largest absolute Gasteiger partial charge is 0.367 e. The monoisotopic (exact) mass is 312 g/mol. The smallest absolute Gasteiger partial charge is 0.250 e. The third-order valence-corrected chi connectivity index (χ3v) is 3.80. The molecule has 2 heterocycles. The summed E-state index contributed by atoms with van der Waals surface area (Å²) in [5.74, 6) is -0.198. The number of hydrogen-bond donors (Lipinski definition) is 2. The summed E-state index contributed by atoms with van der Waals surface area (Å²) in [4.78, 5) is 20.3. The normalized spacial score (nSPS) is 16.7. The quantitative estimate of drug-likeness (QED) is 0.872. The zero-order valence-electron chi connectivity index (χ0n) is 12.9. The molecule has 0 bridgehead atoms. The van der Waals surface area contributed by atoms with Gasteiger partial charge in [-0.3, -0.25) is 14.8 Å². The van der Waals surface area contributed by atoms with Crippen molar-refractivity contribution in [3.05, 3.63) is 53.6 Å². The van der Waals surface area contributed by atoms with Crippen LogP contribution in [0.25, 0.3) is 0 Å². The van der Waals surface area contributed by atoms with Gasteiger partial charge in [0, 0.05) is 24.1 Å². The Kier molecular flexibility index (Phi) is 4.95. The van der Waals surface area contributed by atoms with Crippen LogP contribution in [-0.2, 0) is 29.0 Å². The first-order chi connectivity index (χ1) is 11.2. The summed E-state index contributed by atoms with van der Waals surface area (Å²) in [7, 11) is 0. The lowest BCUT2D eigenvalue weighted by molar-refractivity contribution is -0.121. The number of aromatic nitrogens is 2. The van der Waals surface area contributed by atoms with E-state index < -0.39 is 0 Å². The molecule has 6 nitrogen and oxygen atoms in total. The summed E-state index contributed by atoms with van der Waals surface area (Å²) in [5, 5.41) is 2.81. The fourth-order valence-corrected chi connectivity index (χ4v) is 2.66. The second-order valence-corrected chi connectivity index (χ2v) is 5.73. The highest BCUT2D eigenvalue weighted by atomic mass is 16.5. The summed E-state index contributed by atoms with van der Waals surface area (Å²) in [5.41, 5.74) is 9.81. The van der Waals surface area contributed by atoms with Gasteiger partial charge in [-0.1, -0.05) is 6.07 Å². The number of carbonyl (C=O) groups is 1. The van der Waals surface area contributed by atoms with E-state index >= 15 is 0 Å². The number of anilines is 1. The number of amides is 1. The van der Waals surface area contributed by atoms with E-state index in [4.69, 9.17) is 10.5 Å². The van der Waals surface area contributed by atoms with Crippen LogP contribution in [0, 0.1) is 0 Å². The molecule has 0 saturated heterocycles. The number of ether oxygens (including phenoxy) is 1. The predicted octanol–water partition coefficient (Wildman–Crippen LogP) is 1.45.